The van der Waals surface area contributed by atoms with Gasteiger partial charge in [0, 0.05) is 49.9 Å². The van der Waals surface area contributed by atoms with Crippen molar-refractivity contribution in [1.82, 2.24) is 9.88 Å². The molecule has 2 aliphatic rings. The molecule has 0 radical (unpaired) electrons. The molecule has 0 aliphatic carbocycles. The number of aromatic carboxylic acids is 1. The highest BCUT2D eigenvalue weighted by Crippen LogP contribution is 2.35. The maximum absolute atomic E-state index is 14.7. The van der Waals surface area contributed by atoms with Gasteiger partial charge in [0.1, 0.15) is 5.82 Å². The van der Waals surface area contributed by atoms with Crippen molar-refractivity contribution in [1.29, 1.82) is 0 Å². The van der Waals surface area contributed by atoms with E-state index < -0.39 is 22.8 Å². The quantitative estimate of drug-likeness (QED) is 0.806. The Morgan fingerprint density at radius 3 is 2.70 bits per heavy atom. The Kier molecular flexibility index (Phi) is 3.12. The summed E-state index contributed by atoms with van der Waals surface area (Å²) in [5, 5.41) is 14.5. The number of aromatic nitrogens is 1. The van der Waals surface area contributed by atoms with E-state index in [0.29, 0.717) is 37.3 Å². The topological polar surface area (TPSA) is 77.4 Å². The second-order valence-corrected chi connectivity index (χ2v) is 5.92. The molecule has 0 saturated carbocycles. The molecule has 4 rings (SSSR count). The van der Waals surface area contributed by atoms with Crippen LogP contribution in [0.2, 0.25) is 0 Å². The van der Waals surface area contributed by atoms with Crippen LogP contribution in [0.1, 0.15) is 15.9 Å². The van der Waals surface area contributed by atoms with Crippen LogP contribution in [-0.4, -0.2) is 36.7 Å². The molecule has 0 spiro atoms. The van der Waals surface area contributed by atoms with Gasteiger partial charge in [-0.2, -0.15) is 0 Å². The summed E-state index contributed by atoms with van der Waals surface area (Å²) in [5.74, 6) is -1.99. The first kappa shape index (κ1) is 14.2. The largest absolute Gasteiger partial charge is 0.545 e. The zero-order valence-electron chi connectivity index (χ0n) is 12.4. The number of rotatable bonds is 2. The van der Waals surface area contributed by atoms with E-state index in [9.17, 15) is 19.1 Å². The number of carboxylic acid groups (broad SMARTS) is 1. The summed E-state index contributed by atoms with van der Waals surface area (Å²) in [4.78, 5) is 25.4. The molecule has 7 heteroatoms. The fraction of sp³-hybridized carbons (Fsp3) is 0.375. The molecule has 0 unspecified atom stereocenters. The summed E-state index contributed by atoms with van der Waals surface area (Å²) in [6, 6.07) is 1.17. The van der Waals surface area contributed by atoms with Crippen LogP contribution in [0.25, 0.3) is 10.9 Å². The number of hydrogen-bond donors (Lipinski definition) is 1. The van der Waals surface area contributed by atoms with E-state index in [1.165, 1.54) is 12.3 Å². The molecular weight excluding hydrogens is 301 g/mol. The molecule has 0 bridgehead atoms. The number of piperazine rings is 1. The van der Waals surface area contributed by atoms with E-state index >= 15 is 0 Å². The Morgan fingerprint density at radius 2 is 2.00 bits per heavy atom. The van der Waals surface area contributed by atoms with Crippen molar-refractivity contribution in [3.8, 4) is 0 Å². The van der Waals surface area contributed by atoms with Gasteiger partial charge in [0.05, 0.1) is 22.7 Å². The van der Waals surface area contributed by atoms with Crippen molar-refractivity contribution in [3.63, 3.8) is 0 Å². The van der Waals surface area contributed by atoms with Crippen molar-refractivity contribution in [2.75, 3.05) is 31.1 Å². The third-order valence-electron chi connectivity index (χ3n) is 4.64. The summed E-state index contributed by atoms with van der Waals surface area (Å²) >= 11 is 0. The van der Waals surface area contributed by atoms with Gasteiger partial charge in [0.15, 0.2) is 5.43 Å². The standard InChI is InChI=1S/C16H16FN3O3/c17-12-7-10-13-9(14(12)19-5-2-18-3-6-19)1-4-20(13)8-11(15(10)21)16(22)23/h7-8,18H,1-6H2,(H,22,23)/p-1. The highest BCUT2D eigenvalue weighted by molar-refractivity contribution is 5.95. The van der Waals surface area contributed by atoms with Gasteiger partial charge in [-0.15, -0.1) is 0 Å². The number of aryl methyl sites for hydroxylation is 2. The van der Waals surface area contributed by atoms with Gasteiger partial charge < -0.3 is 24.7 Å². The first-order chi connectivity index (χ1) is 11.1. The van der Waals surface area contributed by atoms with Crippen LogP contribution < -0.4 is 20.8 Å². The Balaban J connectivity index is 2.01. The molecule has 1 N–H and O–H groups in total. The van der Waals surface area contributed by atoms with E-state index in [1.807, 2.05) is 4.90 Å². The predicted molar refractivity (Wildman–Crippen MR) is 81.3 cm³/mol. The molecular formula is C16H15FN3O3-. The van der Waals surface area contributed by atoms with Crippen LogP contribution in [0.15, 0.2) is 17.1 Å². The Labute approximate surface area is 131 Å². The number of pyridine rings is 1. The monoisotopic (exact) mass is 316 g/mol. The number of nitrogens with zero attached hydrogens (tertiary/aromatic N) is 2. The predicted octanol–water partition coefficient (Wildman–Crippen LogP) is -0.530. The number of nitrogens with one attached hydrogen (secondary N) is 1. The molecule has 1 aromatic heterocycles. The lowest BCUT2D eigenvalue weighted by Gasteiger charge is -2.31. The lowest BCUT2D eigenvalue weighted by molar-refractivity contribution is -0.255. The summed E-state index contributed by atoms with van der Waals surface area (Å²) in [5.41, 5.74) is 0.898. The highest BCUT2D eigenvalue weighted by Gasteiger charge is 2.27. The minimum absolute atomic E-state index is 0.121. The van der Waals surface area contributed by atoms with E-state index in [4.69, 9.17) is 0 Å². The number of benzene rings is 1. The Morgan fingerprint density at radius 1 is 1.26 bits per heavy atom. The zero-order chi connectivity index (χ0) is 16.1. The Hall–Kier alpha value is -2.41. The molecule has 23 heavy (non-hydrogen) atoms. The molecule has 1 fully saturated rings. The fourth-order valence-electron chi connectivity index (χ4n) is 3.63. The SMILES string of the molecule is O=C([O-])c1cn2c3c(c(N4CCNCC4)c(F)cc3c1=O)CC2. The molecule has 3 heterocycles. The minimum atomic E-state index is -1.53. The molecule has 0 amide bonds. The molecule has 1 aromatic carbocycles. The molecule has 6 nitrogen and oxygen atoms in total. The van der Waals surface area contributed by atoms with Gasteiger partial charge in [0.25, 0.3) is 0 Å². The number of carbonyl (C=O) groups is 1. The van der Waals surface area contributed by atoms with Crippen molar-refractivity contribution in [3.05, 3.63) is 39.4 Å². The molecule has 120 valence electrons. The van der Waals surface area contributed by atoms with Crippen molar-refractivity contribution < 1.29 is 14.3 Å². The summed E-state index contributed by atoms with van der Waals surface area (Å²) in [6.07, 6.45) is 1.90. The lowest BCUT2D eigenvalue weighted by Crippen LogP contribution is -2.44. The van der Waals surface area contributed by atoms with Crippen molar-refractivity contribution >= 4 is 22.6 Å². The maximum atomic E-state index is 14.7. The third kappa shape index (κ3) is 2.03. The first-order valence-corrected chi connectivity index (χ1v) is 7.63. The molecule has 1 saturated heterocycles. The van der Waals surface area contributed by atoms with Crippen LogP contribution in [-0.2, 0) is 13.0 Å². The van der Waals surface area contributed by atoms with E-state index in [0.717, 1.165) is 18.7 Å². The van der Waals surface area contributed by atoms with Crippen LogP contribution in [0.5, 0.6) is 0 Å². The first-order valence-electron chi connectivity index (χ1n) is 7.63. The molecule has 2 aliphatic heterocycles. The number of anilines is 1. The molecule has 0 atom stereocenters. The van der Waals surface area contributed by atoms with Gasteiger partial charge in [0.2, 0.25) is 0 Å². The van der Waals surface area contributed by atoms with E-state index in [-0.39, 0.29) is 5.39 Å². The van der Waals surface area contributed by atoms with Gasteiger partial charge >= 0.3 is 0 Å². The summed E-state index contributed by atoms with van der Waals surface area (Å²) in [7, 11) is 0. The van der Waals surface area contributed by atoms with Gasteiger partial charge in [-0.05, 0) is 12.5 Å². The van der Waals surface area contributed by atoms with Gasteiger partial charge in [-0.25, -0.2) is 4.39 Å². The van der Waals surface area contributed by atoms with Crippen LogP contribution >= 0.6 is 0 Å². The van der Waals surface area contributed by atoms with Crippen LogP contribution in [0.4, 0.5) is 10.1 Å². The van der Waals surface area contributed by atoms with Crippen LogP contribution in [0, 0.1) is 5.82 Å². The second-order valence-electron chi connectivity index (χ2n) is 5.92. The summed E-state index contributed by atoms with van der Waals surface area (Å²) < 4.78 is 16.4. The highest BCUT2D eigenvalue weighted by atomic mass is 19.1. The number of halogens is 1. The average molecular weight is 316 g/mol. The smallest absolute Gasteiger partial charge is 0.198 e. The van der Waals surface area contributed by atoms with E-state index in [2.05, 4.69) is 5.32 Å². The lowest BCUT2D eigenvalue weighted by atomic mass is 10.0. The van der Waals surface area contributed by atoms with Crippen molar-refractivity contribution in [2.24, 2.45) is 0 Å². The number of hydrogen-bond acceptors (Lipinski definition) is 5. The third-order valence-corrected chi connectivity index (χ3v) is 4.64. The van der Waals surface area contributed by atoms with Gasteiger partial charge in [-0.3, -0.25) is 4.79 Å². The zero-order valence-corrected chi connectivity index (χ0v) is 12.4. The van der Waals surface area contributed by atoms with Crippen LogP contribution in [0.3, 0.4) is 0 Å². The maximum Gasteiger partial charge on any atom is 0.198 e. The Bertz CT molecular complexity index is 884. The van der Waals surface area contributed by atoms with E-state index in [1.54, 1.807) is 4.57 Å². The average Bonchev–Trinajstić information content (AvgIpc) is 2.95. The number of carboxylic acids is 1. The number of carbonyl (C=O) groups excluding carboxylic acids is 1. The fourth-order valence-corrected chi connectivity index (χ4v) is 3.63. The molecule has 2 aromatic rings. The van der Waals surface area contributed by atoms with Gasteiger partial charge in [-0.1, -0.05) is 0 Å². The minimum Gasteiger partial charge on any atom is -0.545 e. The van der Waals surface area contributed by atoms with Crippen molar-refractivity contribution in [2.45, 2.75) is 13.0 Å². The second kappa shape index (κ2) is 5.06. The summed E-state index contributed by atoms with van der Waals surface area (Å²) in [6.45, 7) is 3.52. The normalized spacial score (nSPS) is 17.0.